The molecule has 0 bridgehead atoms. The Bertz CT molecular complexity index is 1260. The van der Waals surface area contributed by atoms with E-state index in [2.05, 4.69) is 0 Å². The number of benzene rings is 3. The van der Waals surface area contributed by atoms with Gasteiger partial charge in [-0.3, -0.25) is 4.79 Å². The quantitative estimate of drug-likeness (QED) is 0.416. The predicted octanol–water partition coefficient (Wildman–Crippen LogP) is 6.14. The van der Waals surface area contributed by atoms with E-state index in [1.165, 1.54) is 0 Å². The van der Waals surface area contributed by atoms with Gasteiger partial charge in [0.2, 0.25) is 0 Å². The van der Waals surface area contributed by atoms with Crippen molar-refractivity contribution in [1.82, 2.24) is 4.90 Å². The summed E-state index contributed by atoms with van der Waals surface area (Å²) in [6, 6.07) is 19.4. The number of rotatable bonds is 5. The Hall–Kier alpha value is -2.05. The van der Waals surface area contributed by atoms with Crippen LogP contribution in [0.4, 0.5) is 0 Å². The maximum Gasteiger partial charge on any atom is 0.254 e. The van der Waals surface area contributed by atoms with Crippen molar-refractivity contribution in [3.63, 3.8) is 0 Å². The molecule has 4 rings (SSSR count). The first-order valence-corrected chi connectivity index (χ1v) is 13.0. The van der Waals surface area contributed by atoms with Gasteiger partial charge in [-0.2, -0.15) is 0 Å². The molecule has 3 aromatic carbocycles. The summed E-state index contributed by atoms with van der Waals surface area (Å²) in [5.74, 6) is -0.178. The highest BCUT2D eigenvalue weighted by atomic mass is 35.5. The molecule has 1 saturated heterocycles. The van der Waals surface area contributed by atoms with Gasteiger partial charge in [0.15, 0.2) is 9.84 Å². The summed E-state index contributed by atoms with van der Waals surface area (Å²) in [4.78, 5) is 14.9. The maximum atomic E-state index is 13.3. The van der Waals surface area contributed by atoms with Crippen LogP contribution in [0.15, 0.2) is 66.7 Å². The average Bonchev–Trinajstić information content (AvgIpc) is 3.11. The van der Waals surface area contributed by atoms with Crippen LogP contribution in [0, 0.1) is 0 Å². The predicted molar refractivity (Wildman–Crippen MR) is 130 cm³/mol. The highest BCUT2D eigenvalue weighted by molar-refractivity contribution is 7.91. The zero-order valence-corrected chi connectivity index (χ0v) is 20.1. The number of nitrogens with zero attached hydrogens (tertiary/aromatic N) is 1. The molecule has 1 unspecified atom stereocenters. The molecule has 1 aliphatic rings. The molecule has 1 heterocycles. The minimum atomic E-state index is -3.15. The lowest BCUT2D eigenvalue weighted by Gasteiger charge is -2.28. The molecule has 0 radical (unpaired) electrons. The Kier molecular flexibility index (Phi) is 6.82. The number of sulfone groups is 1. The average molecular weight is 509 g/mol. The van der Waals surface area contributed by atoms with Crippen molar-refractivity contribution in [1.29, 1.82) is 0 Å². The van der Waals surface area contributed by atoms with E-state index in [0.717, 1.165) is 16.7 Å². The summed E-state index contributed by atoms with van der Waals surface area (Å²) < 4.78 is 24.2. The van der Waals surface area contributed by atoms with Gasteiger partial charge in [0.05, 0.1) is 11.5 Å². The number of amides is 1. The lowest BCUT2D eigenvalue weighted by molar-refractivity contribution is 0.0681. The highest BCUT2D eigenvalue weighted by Crippen LogP contribution is 2.31. The molecule has 0 aromatic heterocycles. The molecule has 1 amide bonds. The van der Waals surface area contributed by atoms with Crippen molar-refractivity contribution < 1.29 is 13.2 Å². The molecule has 1 atom stereocenters. The number of hydrogen-bond acceptors (Lipinski definition) is 3. The standard InChI is InChI=1S/C24H20Cl3NO3S/c25-19-3-1-2-18(12-19)24(29)28(21-10-11-32(30,31)15-21)14-16-4-6-17(7-5-16)22-9-8-20(26)13-23(22)27/h1-9,12-13,21H,10-11,14-15H2. The van der Waals surface area contributed by atoms with Crippen LogP contribution in [-0.4, -0.2) is 36.8 Å². The zero-order chi connectivity index (χ0) is 22.9. The number of carbonyl (C=O) groups is 1. The van der Waals surface area contributed by atoms with Crippen molar-refractivity contribution in [2.45, 2.75) is 19.0 Å². The van der Waals surface area contributed by atoms with Crippen LogP contribution in [0.3, 0.4) is 0 Å². The van der Waals surface area contributed by atoms with Crippen LogP contribution in [0.2, 0.25) is 15.1 Å². The van der Waals surface area contributed by atoms with E-state index >= 15 is 0 Å². The van der Waals surface area contributed by atoms with Gasteiger partial charge in [0.25, 0.3) is 5.91 Å². The topological polar surface area (TPSA) is 54.5 Å². The summed E-state index contributed by atoms with van der Waals surface area (Å²) in [7, 11) is -3.15. The Labute approximate surface area is 202 Å². The monoisotopic (exact) mass is 507 g/mol. The fourth-order valence-electron chi connectivity index (χ4n) is 3.89. The fraction of sp³-hybridized carbons (Fsp3) is 0.208. The minimum Gasteiger partial charge on any atom is -0.330 e. The fourth-order valence-corrected chi connectivity index (χ4v) is 6.32. The molecule has 4 nitrogen and oxygen atoms in total. The van der Waals surface area contributed by atoms with Crippen LogP contribution in [-0.2, 0) is 16.4 Å². The van der Waals surface area contributed by atoms with Gasteiger partial charge in [0.1, 0.15) is 0 Å². The summed E-state index contributed by atoms with van der Waals surface area (Å²) in [5.41, 5.74) is 3.10. The van der Waals surface area contributed by atoms with Gasteiger partial charge in [-0.05, 0) is 47.9 Å². The third kappa shape index (κ3) is 5.29. The van der Waals surface area contributed by atoms with E-state index < -0.39 is 9.84 Å². The number of hydrogen-bond donors (Lipinski definition) is 0. The van der Waals surface area contributed by atoms with E-state index in [4.69, 9.17) is 34.8 Å². The van der Waals surface area contributed by atoms with E-state index in [1.54, 1.807) is 41.3 Å². The third-order valence-electron chi connectivity index (χ3n) is 5.53. The molecule has 0 spiro atoms. The Morgan fingerprint density at radius 1 is 0.938 bits per heavy atom. The second kappa shape index (κ2) is 9.44. The van der Waals surface area contributed by atoms with Gasteiger partial charge in [-0.25, -0.2) is 8.42 Å². The SMILES string of the molecule is O=C(c1cccc(Cl)c1)N(Cc1ccc(-c2ccc(Cl)cc2Cl)cc1)C1CCS(=O)(=O)C1. The van der Waals surface area contributed by atoms with E-state index in [9.17, 15) is 13.2 Å². The molecule has 0 aliphatic carbocycles. The van der Waals surface area contributed by atoms with Crippen LogP contribution < -0.4 is 0 Å². The van der Waals surface area contributed by atoms with Crippen molar-refractivity contribution in [2.24, 2.45) is 0 Å². The van der Waals surface area contributed by atoms with Crippen LogP contribution in [0.25, 0.3) is 11.1 Å². The van der Waals surface area contributed by atoms with Crippen molar-refractivity contribution >= 4 is 50.5 Å². The molecule has 32 heavy (non-hydrogen) atoms. The van der Waals surface area contributed by atoms with E-state index in [-0.39, 0.29) is 23.5 Å². The van der Waals surface area contributed by atoms with Crippen LogP contribution >= 0.6 is 34.8 Å². The first-order valence-electron chi connectivity index (χ1n) is 10.0. The first-order chi connectivity index (χ1) is 15.2. The molecule has 166 valence electrons. The van der Waals surface area contributed by atoms with Crippen molar-refractivity contribution in [3.8, 4) is 11.1 Å². The molecule has 1 fully saturated rings. The maximum absolute atomic E-state index is 13.3. The van der Waals surface area contributed by atoms with Gasteiger partial charge >= 0.3 is 0 Å². The summed E-state index contributed by atoms with van der Waals surface area (Å²) in [5, 5.41) is 1.58. The first kappa shape index (κ1) is 23.1. The minimum absolute atomic E-state index is 0.0300. The summed E-state index contributed by atoms with van der Waals surface area (Å²) >= 11 is 18.4. The van der Waals surface area contributed by atoms with E-state index in [1.807, 2.05) is 30.3 Å². The Balaban J connectivity index is 1.61. The largest absolute Gasteiger partial charge is 0.330 e. The van der Waals surface area contributed by atoms with Crippen molar-refractivity contribution in [3.05, 3.63) is 92.9 Å². The van der Waals surface area contributed by atoms with Crippen LogP contribution in [0.5, 0.6) is 0 Å². The van der Waals surface area contributed by atoms with Crippen LogP contribution in [0.1, 0.15) is 22.3 Å². The van der Waals surface area contributed by atoms with Gasteiger partial charge < -0.3 is 4.90 Å². The Morgan fingerprint density at radius 2 is 1.66 bits per heavy atom. The second-order valence-corrected chi connectivity index (χ2v) is 11.3. The molecule has 0 N–H and O–H groups in total. The number of carbonyl (C=O) groups excluding carboxylic acids is 1. The van der Waals surface area contributed by atoms with Gasteiger partial charge in [-0.1, -0.05) is 71.2 Å². The smallest absolute Gasteiger partial charge is 0.254 e. The van der Waals surface area contributed by atoms with Crippen molar-refractivity contribution in [2.75, 3.05) is 11.5 Å². The highest BCUT2D eigenvalue weighted by Gasteiger charge is 2.35. The molecular formula is C24H20Cl3NO3S. The number of halogens is 3. The summed E-state index contributed by atoms with van der Waals surface area (Å²) in [6.07, 6.45) is 0.424. The second-order valence-electron chi connectivity index (χ2n) is 7.82. The molecular weight excluding hydrogens is 489 g/mol. The van der Waals surface area contributed by atoms with Gasteiger partial charge in [0, 0.05) is 38.8 Å². The van der Waals surface area contributed by atoms with E-state index in [0.29, 0.717) is 33.6 Å². The molecule has 3 aromatic rings. The lowest BCUT2D eigenvalue weighted by Crippen LogP contribution is -2.40. The molecule has 8 heteroatoms. The lowest BCUT2D eigenvalue weighted by atomic mass is 10.0. The summed E-state index contributed by atoms with van der Waals surface area (Å²) in [6.45, 7) is 0.292. The molecule has 1 aliphatic heterocycles. The normalized spacial score (nSPS) is 17.3. The van der Waals surface area contributed by atoms with Gasteiger partial charge in [-0.15, -0.1) is 0 Å². The Morgan fingerprint density at radius 3 is 2.28 bits per heavy atom. The zero-order valence-electron chi connectivity index (χ0n) is 17.0. The molecule has 0 saturated carbocycles. The third-order valence-corrected chi connectivity index (χ3v) is 8.06.